The summed E-state index contributed by atoms with van der Waals surface area (Å²) in [6, 6.07) is 18.9. The lowest BCUT2D eigenvalue weighted by Gasteiger charge is -2.35. The molecular formula is C29H30N2O4. The number of aliphatic carboxylic acids is 1. The second-order valence-electron chi connectivity index (χ2n) is 9.44. The largest absolute Gasteiger partial charge is 0.481 e. The number of hydrogen-bond acceptors (Lipinski definition) is 3. The molecule has 3 aromatic rings. The molecule has 1 unspecified atom stereocenters. The van der Waals surface area contributed by atoms with E-state index in [-0.39, 0.29) is 18.2 Å². The number of benzene rings is 3. The Hall–Kier alpha value is -3.93. The number of ketones is 1. The molecule has 0 aliphatic heterocycles. The SMILES string of the molecule is CCC1(CC(=O)O)CCc2cc(-c3ccc(NC(=O)Nc4cc(C)cc(C)c4)cc3)ccc2C1=O. The summed E-state index contributed by atoms with van der Waals surface area (Å²) in [6.07, 6.45) is 1.61. The van der Waals surface area contributed by atoms with Crippen LogP contribution in [0.25, 0.3) is 11.1 Å². The van der Waals surface area contributed by atoms with Crippen molar-refractivity contribution in [2.24, 2.45) is 5.41 Å². The van der Waals surface area contributed by atoms with E-state index in [0.717, 1.165) is 33.5 Å². The maximum absolute atomic E-state index is 13.2. The molecule has 0 saturated heterocycles. The van der Waals surface area contributed by atoms with E-state index in [1.165, 1.54) is 0 Å². The molecule has 6 nitrogen and oxygen atoms in total. The first-order chi connectivity index (χ1) is 16.7. The summed E-state index contributed by atoms with van der Waals surface area (Å²) in [6.45, 7) is 5.86. The van der Waals surface area contributed by atoms with Gasteiger partial charge in [0.1, 0.15) is 0 Å². The lowest BCUT2D eigenvalue weighted by atomic mass is 9.67. The minimum absolute atomic E-state index is 0.0652. The standard InChI is InChI=1S/C29H30N2O4/c1-4-29(17-26(32)33)12-11-22-16-21(7-10-25(22)27(29)34)20-5-8-23(9-6-20)30-28(35)31-24-14-18(2)13-19(3)15-24/h5-10,13-16H,4,11-12,17H2,1-3H3,(H,32,33)(H2,30,31,35). The van der Waals surface area contributed by atoms with E-state index in [2.05, 4.69) is 16.7 Å². The molecule has 0 saturated carbocycles. The fraction of sp³-hybridized carbons (Fsp3) is 0.276. The number of urea groups is 1. The van der Waals surface area contributed by atoms with Crippen LogP contribution < -0.4 is 10.6 Å². The van der Waals surface area contributed by atoms with Crippen LogP contribution >= 0.6 is 0 Å². The van der Waals surface area contributed by atoms with E-state index >= 15 is 0 Å². The monoisotopic (exact) mass is 470 g/mol. The number of carboxylic acids is 1. The van der Waals surface area contributed by atoms with Crippen molar-refractivity contribution >= 4 is 29.2 Å². The van der Waals surface area contributed by atoms with E-state index in [0.29, 0.717) is 30.5 Å². The molecule has 3 aromatic carbocycles. The minimum atomic E-state index is -0.934. The predicted molar refractivity (Wildman–Crippen MR) is 138 cm³/mol. The predicted octanol–water partition coefficient (Wildman–Crippen LogP) is 6.61. The molecule has 0 aromatic heterocycles. The molecule has 4 rings (SSSR count). The third-order valence-corrected chi connectivity index (χ3v) is 6.83. The number of hydrogen-bond donors (Lipinski definition) is 3. The number of carboxylic acid groups (broad SMARTS) is 1. The van der Waals surface area contributed by atoms with Crippen molar-refractivity contribution in [3.63, 3.8) is 0 Å². The lowest BCUT2D eigenvalue weighted by Crippen LogP contribution is -2.37. The van der Waals surface area contributed by atoms with Crippen LogP contribution in [0.15, 0.2) is 60.7 Å². The topological polar surface area (TPSA) is 95.5 Å². The maximum atomic E-state index is 13.2. The molecule has 1 atom stereocenters. The Morgan fingerprint density at radius 1 is 0.886 bits per heavy atom. The fourth-order valence-corrected chi connectivity index (χ4v) is 4.98. The van der Waals surface area contributed by atoms with Gasteiger partial charge in [-0.15, -0.1) is 0 Å². The summed E-state index contributed by atoms with van der Waals surface area (Å²) in [4.78, 5) is 36.9. The highest BCUT2D eigenvalue weighted by molar-refractivity contribution is 6.04. The second-order valence-corrected chi connectivity index (χ2v) is 9.44. The van der Waals surface area contributed by atoms with Crippen LogP contribution in [0.4, 0.5) is 16.2 Å². The molecule has 35 heavy (non-hydrogen) atoms. The molecule has 1 aliphatic rings. The molecule has 0 bridgehead atoms. The molecule has 180 valence electrons. The van der Waals surface area contributed by atoms with Gasteiger partial charge in [-0.2, -0.15) is 0 Å². The Balaban J connectivity index is 1.47. The van der Waals surface area contributed by atoms with E-state index in [9.17, 15) is 19.5 Å². The zero-order valence-corrected chi connectivity index (χ0v) is 20.3. The molecule has 1 aliphatic carbocycles. The van der Waals surface area contributed by atoms with Gasteiger partial charge in [0, 0.05) is 22.4 Å². The summed E-state index contributed by atoms with van der Waals surface area (Å²) in [5.41, 5.74) is 6.30. The Labute approximate surface area is 205 Å². The smallest absolute Gasteiger partial charge is 0.323 e. The van der Waals surface area contributed by atoms with Gasteiger partial charge in [-0.3, -0.25) is 9.59 Å². The van der Waals surface area contributed by atoms with Crippen LogP contribution in [0.2, 0.25) is 0 Å². The van der Waals surface area contributed by atoms with Gasteiger partial charge >= 0.3 is 12.0 Å². The van der Waals surface area contributed by atoms with E-state index < -0.39 is 11.4 Å². The van der Waals surface area contributed by atoms with Gasteiger partial charge in [-0.05, 0) is 85.2 Å². The van der Waals surface area contributed by atoms with Crippen molar-refractivity contribution in [2.45, 2.75) is 46.5 Å². The van der Waals surface area contributed by atoms with Gasteiger partial charge < -0.3 is 15.7 Å². The first-order valence-corrected chi connectivity index (χ1v) is 11.9. The average Bonchev–Trinajstić information content (AvgIpc) is 2.80. The summed E-state index contributed by atoms with van der Waals surface area (Å²) >= 11 is 0. The van der Waals surface area contributed by atoms with Gasteiger partial charge in [0.25, 0.3) is 0 Å². The molecule has 0 spiro atoms. The van der Waals surface area contributed by atoms with Crippen molar-refractivity contribution in [3.8, 4) is 11.1 Å². The van der Waals surface area contributed by atoms with E-state index in [1.807, 2.05) is 75.4 Å². The number of fused-ring (bicyclic) bond motifs is 1. The molecule has 2 amide bonds. The van der Waals surface area contributed by atoms with Gasteiger partial charge in [0.05, 0.1) is 6.42 Å². The summed E-state index contributed by atoms with van der Waals surface area (Å²) in [7, 11) is 0. The Kier molecular flexibility index (Phi) is 6.74. The van der Waals surface area contributed by atoms with Crippen molar-refractivity contribution in [3.05, 3.63) is 82.9 Å². The van der Waals surface area contributed by atoms with Crippen LogP contribution in [0.3, 0.4) is 0 Å². The van der Waals surface area contributed by atoms with Gasteiger partial charge in [0.2, 0.25) is 0 Å². The molecule has 0 fully saturated rings. The Morgan fingerprint density at radius 2 is 1.51 bits per heavy atom. The van der Waals surface area contributed by atoms with E-state index in [1.54, 1.807) is 0 Å². The number of anilines is 2. The first-order valence-electron chi connectivity index (χ1n) is 11.9. The fourth-order valence-electron chi connectivity index (χ4n) is 4.98. The van der Waals surface area contributed by atoms with Crippen molar-refractivity contribution in [2.75, 3.05) is 10.6 Å². The molecule has 6 heteroatoms. The van der Waals surface area contributed by atoms with Crippen molar-refractivity contribution in [1.29, 1.82) is 0 Å². The number of rotatable bonds is 6. The molecule has 0 radical (unpaired) electrons. The first kappa shape index (κ1) is 24.2. The number of Topliss-reactive ketones (excluding diaryl/α,β-unsaturated/α-hetero) is 1. The van der Waals surface area contributed by atoms with Crippen LogP contribution in [-0.2, 0) is 11.2 Å². The van der Waals surface area contributed by atoms with Gasteiger partial charge in [0.15, 0.2) is 5.78 Å². The molecular weight excluding hydrogens is 440 g/mol. The van der Waals surface area contributed by atoms with Crippen LogP contribution in [0.1, 0.15) is 53.2 Å². The maximum Gasteiger partial charge on any atom is 0.323 e. The summed E-state index contributed by atoms with van der Waals surface area (Å²) < 4.78 is 0. The number of nitrogens with one attached hydrogen (secondary N) is 2. The average molecular weight is 471 g/mol. The highest BCUT2D eigenvalue weighted by atomic mass is 16.4. The van der Waals surface area contributed by atoms with Gasteiger partial charge in [-0.25, -0.2) is 4.79 Å². The number of carbonyl (C=O) groups excluding carboxylic acids is 2. The zero-order chi connectivity index (χ0) is 25.2. The number of carbonyl (C=O) groups is 3. The van der Waals surface area contributed by atoms with Gasteiger partial charge in [-0.1, -0.05) is 43.3 Å². The molecule has 0 heterocycles. The number of amides is 2. The third kappa shape index (κ3) is 5.27. The Morgan fingerprint density at radius 3 is 2.14 bits per heavy atom. The summed E-state index contributed by atoms with van der Waals surface area (Å²) in [5, 5.41) is 15.0. The number of aryl methyl sites for hydroxylation is 3. The Bertz CT molecular complexity index is 1280. The highest BCUT2D eigenvalue weighted by Gasteiger charge is 2.42. The lowest BCUT2D eigenvalue weighted by molar-refractivity contribution is -0.139. The van der Waals surface area contributed by atoms with Crippen molar-refractivity contribution < 1.29 is 19.5 Å². The second kappa shape index (κ2) is 9.74. The molecule has 3 N–H and O–H groups in total. The van der Waals surface area contributed by atoms with Crippen LogP contribution in [-0.4, -0.2) is 22.9 Å². The van der Waals surface area contributed by atoms with Crippen LogP contribution in [0, 0.1) is 19.3 Å². The van der Waals surface area contributed by atoms with Crippen molar-refractivity contribution in [1.82, 2.24) is 0 Å². The van der Waals surface area contributed by atoms with E-state index in [4.69, 9.17) is 0 Å². The highest BCUT2D eigenvalue weighted by Crippen LogP contribution is 2.42. The minimum Gasteiger partial charge on any atom is -0.481 e. The quantitative estimate of drug-likeness (QED) is 0.377. The summed E-state index contributed by atoms with van der Waals surface area (Å²) in [5.74, 6) is -0.999. The third-order valence-electron chi connectivity index (χ3n) is 6.83. The zero-order valence-electron chi connectivity index (χ0n) is 20.3. The van der Waals surface area contributed by atoms with Crippen LogP contribution in [0.5, 0.6) is 0 Å². The normalized spacial score (nSPS) is 16.9.